The monoisotopic (exact) mass is 1030 g/mol. The van der Waals surface area contributed by atoms with E-state index in [1.165, 1.54) is 140 Å². The largest absolute Gasteiger partial charge is 0.334 e. The molecular formula is C72H76BN3S. The fourth-order valence-corrected chi connectivity index (χ4v) is 15.2. The molecule has 4 aliphatic rings. The van der Waals surface area contributed by atoms with Crippen LogP contribution in [0.1, 0.15) is 150 Å². The Morgan fingerprint density at radius 2 is 0.948 bits per heavy atom. The topological polar surface area (TPSA) is 9.72 Å². The van der Waals surface area contributed by atoms with Gasteiger partial charge in [-0.25, -0.2) is 0 Å². The van der Waals surface area contributed by atoms with E-state index < -0.39 is 0 Å². The van der Waals surface area contributed by atoms with Crippen molar-refractivity contribution in [3.8, 4) is 11.1 Å². The zero-order valence-corrected chi connectivity index (χ0v) is 49.0. The van der Waals surface area contributed by atoms with Crippen molar-refractivity contribution in [3.05, 3.63) is 186 Å². The Balaban J connectivity index is 1.19. The van der Waals surface area contributed by atoms with Gasteiger partial charge in [0, 0.05) is 71.0 Å². The average Bonchev–Trinajstić information content (AvgIpc) is 3.88. The molecule has 8 aromatic carbocycles. The van der Waals surface area contributed by atoms with Crippen molar-refractivity contribution >= 4 is 100 Å². The molecule has 3 nitrogen and oxygen atoms in total. The highest BCUT2D eigenvalue weighted by molar-refractivity contribution is 7.25. The molecule has 388 valence electrons. The minimum Gasteiger partial charge on any atom is -0.334 e. The van der Waals surface area contributed by atoms with Gasteiger partial charge in [0.05, 0.1) is 11.2 Å². The predicted octanol–water partition coefficient (Wildman–Crippen LogP) is 18.7. The molecule has 0 amide bonds. The number of hydrogen-bond donors (Lipinski definition) is 0. The van der Waals surface area contributed by atoms with Gasteiger partial charge in [0.25, 0.3) is 6.71 Å². The van der Waals surface area contributed by atoms with Crippen molar-refractivity contribution in [1.29, 1.82) is 0 Å². The molecule has 2 unspecified atom stereocenters. The normalized spacial score (nSPS) is 19.1. The van der Waals surface area contributed by atoms with Crippen LogP contribution in [-0.2, 0) is 27.1 Å². The molecular weight excluding hydrogens is 950 g/mol. The molecule has 1 aromatic heterocycles. The first kappa shape index (κ1) is 50.0. The summed E-state index contributed by atoms with van der Waals surface area (Å²) in [6, 6.07) is 62.5. The zero-order chi connectivity index (χ0) is 53.9. The molecule has 0 bridgehead atoms. The van der Waals surface area contributed by atoms with E-state index in [-0.39, 0.29) is 39.3 Å². The molecule has 0 saturated heterocycles. The second kappa shape index (κ2) is 17.0. The minimum absolute atomic E-state index is 0.0320. The quantitative estimate of drug-likeness (QED) is 0.163. The number of benzene rings is 8. The third-order valence-corrected chi connectivity index (χ3v) is 20.0. The van der Waals surface area contributed by atoms with Crippen molar-refractivity contribution in [1.82, 2.24) is 0 Å². The number of nitrogens with zero attached hydrogens (tertiary/aromatic N) is 3. The van der Waals surface area contributed by atoms with Gasteiger partial charge in [-0.05, 0) is 158 Å². The summed E-state index contributed by atoms with van der Waals surface area (Å²) in [4.78, 5) is 8.21. The molecule has 5 heteroatoms. The Labute approximate surface area is 464 Å². The predicted molar refractivity (Wildman–Crippen MR) is 336 cm³/mol. The second-order valence-corrected chi connectivity index (χ2v) is 28.9. The van der Waals surface area contributed by atoms with E-state index >= 15 is 0 Å². The summed E-state index contributed by atoms with van der Waals surface area (Å²) >= 11 is 1.90. The van der Waals surface area contributed by atoms with Gasteiger partial charge in [0.1, 0.15) is 0 Å². The van der Waals surface area contributed by atoms with Crippen LogP contribution in [0, 0.1) is 0 Å². The fourth-order valence-electron chi connectivity index (χ4n) is 14.1. The highest BCUT2D eigenvalue weighted by atomic mass is 32.1. The Morgan fingerprint density at radius 1 is 0.429 bits per heavy atom. The van der Waals surface area contributed by atoms with Crippen molar-refractivity contribution in [3.63, 3.8) is 0 Å². The lowest BCUT2D eigenvalue weighted by Crippen LogP contribution is -2.62. The van der Waals surface area contributed by atoms with Crippen LogP contribution in [0.4, 0.5) is 45.5 Å². The lowest BCUT2D eigenvalue weighted by atomic mass is 9.33. The lowest BCUT2D eigenvalue weighted by molar-refractivity contribution is 0.195. The molecule has 9 aromatic rings. The highest BCUT2D eigenvalue weighted by Gasteiger charge is 2.58. The van der Waals surface area contributed by atoms with E-state index in [0.29, 0.717) is 0 Å². The molecule has 0 N–H and O–H groups in total. The van der Waals surface area contributed by atoms with E-state index in [1.54, 1.807) is 0 Å². The number of rotatable bonds is 4. The number of fused-ring (bicyclic) bond motifs is 10. The van der Waals surface area contributed by atoms with Crippen LogP contribution in [0.3, 0.4) is 0 Å². The molecule has 1 saturated carbocycles. The first-order valence-corrected chi connectivity index (χ1v) is 29.4. The van der Waals surface area contributed by atoms with Crippen molar-refractivity contribution in [2.75, 3.05) is 14.7 Å². The SMILES string of the molecule is CC(C)(C)c1ccc2c(c1)B1c3cc(C(C)(C)C)ccc3N(c3ccc(C(C)(C)C)cc3-c3ccccc3)c3cc(N4c5ccc(C(C)(C)C)cc5C5(C)CCCCC45C)cc(c31)N2c1ccc2sc3ccccc3c2c1. The summed E-state index contributed by atoms with van der Waals surface area (Å²) in [6.07, 6.45) is 4.74. The van der Waals surface area contributed by atoms with E-state index in [0.717, 1.165) is 6.42 Å². The Morgan fingerprint density at radius 3 is 1.58 bits per heavy atom. The average molecular weight is 1030 g/mol. The second-order valence-electron chi connectivity index (χ2n) is 27.8. The number of thiophene rings is 1. The van der Waals surface area contributed by atoms with Crippen molar-refractivity contribution in [2.24, 2.45) is 0 Å². The van der Waals surface area contributed by atoms with Crippen LogP contribution >= 0.6 is 11.3 Å². The Kier molecular flexibility index (Phi) is 11.0. The maximum absolute atomic E-state index is 2.84. The molecule has 1 aliphatic carbocycles. The third-order valence-electron chi connectivity index (χ3n) is 18.8. The van der Waals surface area contributed by atoms with Crippen LogP contribution < -0.4 is 31.1 Å². The van der Waals surface area contributed by atoms with Crippen LogP contribution in [0.5, 0.6) is 0 Å². The summed E-state index contributed by atoms with van der Waals surface area (Å²) in [5.41, 5.74) is 23.1. The molecule has 77 heavy (non-hydrogen) atoms. The van der Waals surface area contributed by atoms with Crippen molar-refractivity contribution < 1.29 is 0 Å². The molecule has 0 spiro atoms. The van der Waals surface area contributed by atoms with Crippen LogP contribution in [-0.4, -0.2) is 12.3 Å². The zero-order valence-electron chi connectivity index (χ0n) is 48.2. The van der Waals surface area contributed by atoms with Gasteiger partial charge in [0.2, 0.25) is 0 Å². The van der Waals surface area contributed by atoms with Gasteiger partial charge in [0.15, 0.2) is 0 Å². The first-order chi connectivity index (χ1) is 36.4. The van der Waals surface area contributed by atoms with Crippen LogP contribution in [0.25, 0.3) is 31.3 Å². The van der Waals surface area contributed by atoms with E-state index in [4.69, 9.17) is 0 Å². The van der Waals surface area contributed by atoms with E-state index in [9.17, 15) is 0 Å². The fraction of sp³-hybridized carbons (Fsp3) is 0.333. The smallest absolute Gasteiger partial charge is 0.252 e. The lowest BCUT2D eigenvalue weighted by Gasteiger charge is -2.51. The van der Waals surface area contributed by atoms with Gasteiger partial charge in [-0.2, -0.15) is 0 Å². The molecule has 13 rings (SSSR count). The van der Waals surface area contributed by atoms with Gasteiger partial charge >= 0.3 is 0 Å². The van der Waals surface area contributed by atoms with E-state index in [2.05, 4.69) is 269 Å². The molecule has 3 aliphatic heterocycles. The molecule has 4 heterocycles. The van der Waals surface area contributed by atoms with Crippen molar-refractivity contribution in [2.45, 2.75) is 155 Å². The maximum Gasteiger partial charge on any atom is 0.252 e. The van der Waals surface area contributed by atoms with Gasteiger partial charge < -0.3 is 14.7 Å². The van der Waals surface area contributed by atoms with Gasteiger partial charge in [-0.3, -0.25) is 0 Å². The summed E-state index contributed by atoms with van der Waals surface area (Å²) in [5, 5.41) is 2.63. The van der Waals surface area contributed by atoms with Crippen LogP contribution in [0.15, 0.2) is 158 Å². The Bertz CT molecular complexity index is 3870. The summed E-state index contributed by atoms with van der Waals surface area (Å²) in [7, 11) is 0. The third kappa shape index (κ3) is 7.63. The van der Waals surface area contributed by atoms with Gasteiger partial charge in [-0.1, -0.05) is 194 Å². The summed E-state index contributed by atoms with van der Waals surface area (Å²) in [5.74, 6) is 0. The summed E-state index contributed by atoms with van der Waals surface area (Å²) < 4.78 is 2.64. The highest BCUT2D eigenvalue weighted by Crippen LogP contribution is 2.62. The number of anilines is 8. The minimum atomic E-state index is -0.166. The molecule has 2 atom stereocenters. The standard InChI is InChI=1S/C72H76BN3S/c1-67(2,3)46-26-31-58(53(38-46)45-22-16-15-17-23-45)75-61-34-29-49(70(10,11)12)41-57(61)73-56-40-48(69(7,8)9)28-33-60(56)74(50-30-35-65-54(42-50)52-24-18-19-25-64(52)77-65)62-43-51(44-63(75)66(62)73)76-59-32-27-47(68(4,5)6)39-55(59)71(13)36-20-21-37-72(71,76)14/h15-19,22-35,38-44H,20-21,36-37H2,1-14H3. The molecule has 0 radical (unpaired) electrons. The van der Waals surface area contributed by atoms with E-state index in [1.807, 2.05) is 11.3 Å². The Hall–Kier alpha value is -6.56. The van der Waals surface area contributed by atoms with Gasteiger partial charge in [-0.15, -0.1) is 11.3 Å². The molecule has 1 fully saturated rings. The first-order valence-electron chi connectivity index (χ1n) is 28.6. The maximum atomic E-state index is 2.84. The summed E-state index contributed by atoms with van der Waals surface area (Å²) in [6.45, 7) is 33.5. The number of hydrogen-bond acceptors (Lipinski definition) is 4. The van der Waals surface area contributed by atoms with Crippen LogP contribution in [0.2, 0.25) is 0 Å².